The van der Waals surface area contributed by atoms with Crippen molar-refractivity contribution < 1.29 is 19.1 Å². The molecule has 0 saturated carbocycles. The fourth-order valence-corrected chi connectivity index (χ4v) is 2.54. The predicted octanol–water partition coefficient (Wildman–Crippen LogP) is 2.81. The van der Waals surface area contributed by atoms with Gasteiger partial charge in [0.1, 0.15) is 0 Å². The summed E-state index contributed by atoms with van der Waals surface area (Å²) in [4.78, 5) is 32.5. The Kier molecular flexibility index (Phi) is 6.16. The van der Waals surface area contributed by atoms with E-state index in [1.807, 2.05) is 31.2 Å². The van der Waals surface area contributed by atoms with Crippen molar-refractivity contribution in [2.45, 2.75) is 20.4 Å². The fraction of sp³-hybridized carbons (Fsp3) is 0.238. The minimum atomic E-state index is -0.637. The topological polar surface area (TPSA) is 90.4 Å². The summed E-state index contributed by atoms with van der Waals surface area (Å²) in [6.07, 6.45) is 0. The maximum atomic E-state index is 12.1. The summed E-state index contributed by atoms with van der Waals surface area (Å²) in [6, 6.07) is 15.0. The van der Waals surface area contributed by atoms with Crippen molar-refractivity contribution in [3.05, 3.63) is 65.5 Å². The number of carbonyl (C=O) groups is 2. The molecule has 1 N–H and O–H groups in total. The van der Waals surface area contributed by atoms with Gasteiger partial charge in [0.15, 0.2) is 6.61 Å². The Morgan fingerprint density at radius 1 is 1.04 bits per heavy atom. The third-order valence-corrected chi connectivity index (χ3v) is 3.98. The molecule has 0 aliphatic heterocycles. The van der Waals surface area contributed by atoms with Crippen LogP contribution in [0.4, 0.5) is 0 Å². The second kappa shape index (κ2) is 8.94. The van der Waals surface area contributed by atoms with E-state index in [9.17, 15) is 9.59 Å². The third kappa shape index (κ3) is 4.82. The van der Waals surface area contributed by atoms with Crippen molar-refractivity contribution in [2.75, 3.05) is 13.2 Å². The van der Waals surface area contributed by atoms with Gasteiger partial charge in [-0.3, -0.25) is 4.79 Å². The van der Waals surface area contributed by atoms with Crippen LogP contribution in [0.25, 0.3) is 10.9 Å². The van der Waals surface area contributed by atoms with E-state index in [4.69, 9.17) is 9.47 Å². The maximum absolute atomic E-state index is 12.1. The molecule has 7 heteroatoms. The molecular formula is C21H21N3O4. The summed E-state index contributed by atoms with van der Waals surface area (Å²) in [6.45, 7) is 4.10. The molecule has 28 heavy (non-hydrogen) atoms. The van der Waals surface area contributed by atoms with Crippen LogP contribution in [0.1, 0.15) is 28.7 Å². The largest absolute Gasteiger partial charge is 0.467 e. The summed E-state index contributed by atoms with van der Waals surface area (Å²) >= 11 is 0. The highest BCUT2D eigenvalue weighted by atomic mass is 16.5. The number of hydrogen-bond donors (Lipinski definition) is 1. The molecule has 0 saturated heterocycles. The molecule has 0 atom stereocenters. The van der Waals surface area contributed by atoms with Crippen LogP contribution < -0.4 is 10.1 Å². The van der Waals surface area contributed by atoms with Crippen molar-refractivity contribution >= 4 is 22.8 Å². The predicted molar refractivity (Wildman–Crippen MR) is 104 cm³/mol. The number of ether oxygens (including phenoxy) is 2. The Morgan fingerprint density at radius 2 is 1.79 bits per heavy atom. The van der Waals surface area contributed by atoms with Gasteiger partial charge in [0.25, 0.3) is 5.91 Å². The number of aromatic nitrogens is 2. The lowest BCUT2D eigenvalue weighted by Gasteiger charge is -2.10. The average molecular weight is 379 g/mol. The highest BCUT2D eigenvalue weighted by molar-refractivity contribution is 5.91. The Balaban J connectivity index is 1.69. The standard InChI is InChI=1S/C21H21N3O4/c1-3-27-21(26)19-23-17-7-5-4-6-16(17)20(24-19)28-13-18(25)22-12-15-10-8-14(2)9-11-15/h4-11H,3,12-13H2,1-2H3,(H,22,25). The normalized spacial score (nSPS) is 10.5. The highest BCUT2D eigenvalue weighted by Gasteiger charge is 2.16. The number of hydrogen-bond acceptors (Lipinski definition) is 6. The van der Waals surface area contributed by atoms with E-state index in [0.717, 1.165) is 11.1 Å². The van der Waals surface area contributed by atoms with Crippen LogP contribution in [-0.4, -0.2) is 35.1 Å². The van der Waals surface area contributed by atoms with Gasteiger partial charge in [0.05, 0.1) is 17.5 Å². The second-order valence-electron chi connectivity index (χ2n) is 6.14. The first-order chi connectivity index (χ1) is 13.6. The first kappa shape index (κ1) is 19.3. The summed E-state index contributed by atoms with van der Waals surface area (Å²) in [5, 5.41) is 3.41. The molecule has 2 aromatic carbocycles. The van der Waals surface area contributed by atoms with Gasteiger partial charge in [0, 0.05) is 6.54 Å². The molecule has 1 amide bonds. The summed E-state index contributed by atoms with van der Waals surface area (Å²) < 4.78 is 10.5. The summed E-state index contributed by atoms with van der Waals surface area (Å²) in [5.41, 5.74) is 2.69. The monoisotopic (exact) mass is 379 g/mol. The van der Waals surface area contributed by atoms with Crippen LogP contribution in [0.15, 0.2) is 48.5 Å². The van der Waals surface area contributed by atoms with Crippen LogP contribution in [0.3, 0.4) is 0 Å². The van der Waals surface area contributed by atoms with Gasteiger partial charge in [-0.05, 0) is 31.5 Å². The SMILES string of the molecule is CCOC(=O)c1nc(OCC(=O)NCc2ccc(C)cc2)c2ccccc2n1. The van der Waals surface area contributed by atoms with E-state index in [0.29, 0.717) is 17.4 Å². The van der Waals surface area contributed by atoms with E-state index in [2.05, 4.69) is 15.3 Å². The van der Waals surface area contributed by atoms with Gasteiger partial charge < -0.3 is 14.8 Å². The molecule has 0 aliphatic rings. The third-order valence-electron chi connectivity index (χ3n) is 3.98. The molecule has 0 bridgehead atoms. The second-order valence-corrected chi connectivity index (χ2v) is 6.14. The molecule has 1 aromatic heterocycles. The molecule has 0 aliphatic carbocycles. The van der Waals surface area contributed by atoms with Gasteiger partial charge in [-0.2, -0.15) is 4.98 Å². The van der Waals surface area contributed by atoms with Crippen molar-refractivity contribution in [1.29, 1.82) is 0 Å². The van der Waals surface area contributed by atoms with Gasteiger partial charge in [-0.1, -0.05) is 42.0 Å². The first-order valence-electron chi connectivity index (χ1n) is 8.95. The van der Waals surface area contributed by atoms with Crippen LogP contribution in [-0.2, 0) is 16.1 Å². The van der Waals surface area contributed by atoms with Crippen LogP contribution in [0.2, 0.25) is 0 Å². The number of nitrogens with zero attached hydrogens (tertiary/aromatic N) is 2. The lowest BCUT2D eigenvalue weighted by molar-refractivity contribution is -0.123. The van der Waals surface area contributed by atoms with E-state index < -0.39 is 5.97 Å². The molecule has 0 radical (unpaired) electrons. The van der Waals surface area contributed by atoms with Gasteiger partial charge in [0.2, 0.25) is 11.7 Å². The zero-order valence-electron chi connectivity index (χ0n) is 15.8. The minimum Gasteiger partial charge on any atom is -0.467 e. The number of fused-ring (bicyclic) bond motifs is 1. The number of carbonyl (C=O) groups excluding carboxylic acids is 2. The number of benzene rings is 2. The number of para-hydroxylation sites is 1. The Bertz CT molecular complexity index is 987. The molecule has 0 spiro atoms. The fourth-order valence-electron chi connectivity index (χ4n) is 2.54. The smallest absolute Gasteiger partial charge is 0.376 e. The quantitative estimate of drug-likeness (QED) is 0.635. The van der Waals surface area contributed by atoms with Crippen molar-refractivity contribution in [2.24, 2.45) is 0 Å². The number of rotatable bonds is 7. The molecule has 0 fully saturated rings. The summed E-state index contributed by atoms with van der Waals surface area (Å²) in [7, 11) is 0. The molecule has 7 nitrogen and oxygen atoms in total. The number of nitrogens with one attached hydrogen (secondary N) is 1. The van der Waals surface area contributed by atoms with E-state index in [1.54, 1.807) is 31.2 Å². The van der Waals surface area contributed by atoms with Crippen molar-refractivity contribution in [1.82, 2.24) is 15.3 Å². The molecular weight excluding hydrogens is 358 g/mol. The molecule has 144 valence electrons. The highest BCUT2D eigenvalue weighted by Crippen LogP contribution is 2.22. The van der Waals surface area contributed by atoms with E-state index in [1.165, 1.54) is 0 Å². The average Bonchev–Trinajstić information content (AvgIpc) is 2.71. The van der Waals surface area contributed by atoms with Gasteiger partial charge in [-0.25, -0.2) is 9.78 Å². The molecule has 0 unspecified atom stereocenters. The van der Waals surface area contributed by atoms with Crippen molar-refractivity contribution in [3.8, 4) is 5.88 Å². The zero-order chi connectivity index (χ0) is 19.9. The van der Waals surface area contributed by atoms with Crippen LogP contribution in [0.5, 0.6) is 5.88 Å². The zero-order valence-corrected chi connectivity index (χ0v) is 15.8. The molecule has 3 rings (SSSR count). The van der Waals surface area contributed by atoms with Crippen LogP contribution >= 0.6 is 0 Å². The Hall–Kier alpha value is -3.48. The lowest BCUT2D eigenvalue weighted by Crippen LogP contribution is -2.28. The number of aryl methyl sites for hydroxylation is 1. The molecule has 3 aromatic rings. The first-order valence-corrected chi connectivity index (χ1v) is 8.95. The summed E-state index contributed by atoms with van der Waals surface area (Å²) in [5.74, 6) is -0.863. The molecule has 1 heterocycles. The Morgan fingerprint density at radius 3 is 2.54 bits per heavy atom. The maximum Gasteiger partial charge on any atom is 0.376 e. The lowest BCUT2D eigenvalue weighted by atomic mass is 10.1. The minimum absolute atomic E-state index is 0.101. The number of amides is 1. The Labute approximate surface area is 162 Å². The van der Waals surface area contributed by atoms with Crippen molar-refractivity contribution in [3.63, 3.8) is 0 Å². The van der Waals surface area contributed by atoms with E-state index in [-0.39, 0.29) is 30.8 Å². The van der Waals surface area contributed by atoms with Gasteiger partial charge in [-0.15, -0.1) is 0 Å². The van der Waals surface area contributed by atoms with E-state index >= 15 is 0 Å². The van der Waals surface area contributed by atoms with Crippen LogP contribution in [0, 0.1) is 6.92 Å². The van der Waals surface area contributed by atoms with Gasteiger partial charge >= 0.3 is 5.97 Å². The number of esters is 1.